The SMILES string of the molecule is O=[SH]Oc1ccc([N+](=O)[O-])cc1.[NaH]. The molecular weight excluding hydrogens is 205 g/mol. The van der Waals surface area contributed by atoms with E-state index in [0.29, 0.717) is 5.75 Å². The van der Waals surface area contributed by atoms with Gasteiger partial charge in [0.05, 0.1) is 4.92 Å². The molecule has 0 aromatic heterocycles. The monoisotopic (exact) mass is 211 g/mol. The molecule has 0 bridgehead atoms. The van der Waals surface area contributed by atoms with E-state index in [1.807, 2.05) is 0 Å². The number of benzene rings is 1. The second-order valence-corrected chi connectivity index (χ2v) is 2.25. The molecule has 7 heteroatoms. The maximum absolute atomic E-state index is 10.2. The Morgan fingerprint density at radius 1 is 1.31 bits per heavy atom. The number of hydrogen-bond acceptors (Lipinski definition) is 4. The Bertz CT molecular complexity index is 302. The molecule has 1 aromatic rings. The second-order valence-electron chi connectivity index (χ2n) is 1.92. The first-order valence-corrected chi connectivity index (χ1v) is 3.71. The van der Waals surface area contributed by atoms with Gasteiger partial charge in [-0.2, -0.15) is 0 Å². The Kier molecular flexibility index (Phi) is 5.89. The summed E-state index contributed by atoms with van der Waals surface area (Å²) in [7, 11) is 0. The van der Waals surface area contributed by atoms with Gasteiger partial charge in [-0.25, -0.2) is 4.21 Å². The first kappa shape index (κ1) is 12.6. The first-order valence-electron chi connectivity index (χ1n) is 2.98. The Morgan fingerprint density at radius 3 is 2.23 bits per heavy atom. The van der Waals surface area contributed by atoms with Crippen molar-refractivity contribution in [2.75, 3.05) is 0 Å². The molecule has 5 nitrogen and oxygen atoms in total. The van der Waals surface area contributed by atoms with Crippen LogP contribution >= 0.6 is 0 Å². The summed E-state index contributed by atoms with van der Waals surface area (Å²) in [5.41, 5.74) is -0.0232. The molecule has 0 heterocycles. The van der Waals surface area contributed by atoms with E-state index in [1.165, 1.54) is 24.3 Å². The Hall–Kier alpha value is -0.430. The van der Waals surface area contributed by atoms with E-state index in [4.69, 9.17) is 0 Å². The molecule has 0 fully saturated rings. The summed E-state index contributed by atoms with van der Waals surface area (Å²) in [5.74, 6) is 0.331. The average Bonchev–Trinajstić information content (AvgIpc) is 2.06. The molecule has 0 atom stereocenters. The van der Waals surface area contributed by atoms with Crippen molar-refractivity contribution in [1.29, 1.82) is 0 Å². The normalized spacial score (nSPS) is 8.62. The summed E-state index contributed by atoms with van der Waals surface area (Å²) in [6.45, 7) is 0. The molecule has 0 aliphatic rings. The van der Waals surface area contributed by atoms with E-state index < -0.39 is 16.9 Å². The fraction of sp³-hybridized carbons (Fsp3) is 0. The molecule has 1 aromatic carbocycles. The summed E-state index contributed by atoms with van der Waals surface area (Å²) in [4.78, 5) is 9.66. The van der Waals surface area contributed by atoms with E-state index in [-0.39, 0.29) is 35.2 Å². The van der Waals surface area contributed by atoms with Crippen LogP contribution in [-0.2, 0) is 11.9 Å². The van der Waals surface area contributed by atoms with Crippen LogP contribution in [0.25, 0.3) is 0 Å². The fourth-order valence-electron chi connectivity index (χ4n) is 0.672. The van der Waals surface area contributed by atoms with Crippen LogP contribution < -0.4 is 4.18 Å². The molecule has 13 heavy (non-hydrogen) atoms. The van der Waals surface area contributed by atoms with Crippen LogP contribution in [0, 0.1) is 10.1 Å². The van der Waals surface area contributed by atoms with Crippen LogP contribution in [0.5, 0.6) is 5.75 Å². The molecule has 0 amide bonds. The third-order valence-electron chi connectivity index (χ3n) is 1.19. The number of non-ortho nitro benzene ring substituents is 1. The molecule has 0 aliphatic heterocycles. The van der Waals surface area contributed by atoms with Crippen molar-refractivity contribution in [3.05, 3.63) is 34.4 Å². The summed E-state index contributed by atoms with van der Waals surface area (Å²) in [6, 6.07) is 5.31. The van der Waals surface area contributed by atoms with E-state index in [9.17, 15) is 14.3 Å². The average molecular weight is 211 g/mol. The molecule has 0 spiro atoms. The van der Waals surface area contributed by atoms with Gasteiger partial charge >= 0.3 is 29.6 Å². The standard InChI is InChI=1S/C6H5NO4S.Na.H/c8-7(9)5-1-3-6(4-2-5)11-12-10;;/h1-4,12H;;. The van der Waals surface area contributed by atoms with Crippen LogP contribution in [0.3, 0.4) is 0 Å². The van der Waals surface area contributed by atoms with Gasteiger partial charge in [0.1, 0.15) is 5.75 Å². The summed E-state index contributed by atoms with van der Waals surface area (Å²) in [5, 5.41) is 10.2. The van der Waals surface area contributed by atoms with Crippen LogP contribution in [0.4, 0.5) is 5.69 Å². The number of nitrogens with zero attached hydrogens (tertiary/aromatic N) is 1. The zero-order valence-corrected chi connectivity index (χ0v) is 6.73. The second kappa shape index (κ2) is 6.09. The van der Waals surface area contributed by atoms with Crippen LogP contribution in [0.2, 0.25) is 0 Å². The zero-order chi connectivity index (χ0) is 8.97. The van der Waals surface area contributed by atoms with Crippen LogP contribution in [0.15, 0.2) is 24.3 Å². The molecule has 0 saturated carbocycles. The van der Waals surface area contributed by atoms with Gasteiger partial charge in [0, 0.05) is 12.1 Å². The Balaban J connectivity index is 0.00000144. The molecule has 66 valence electrons. The minimum absolute atomic E-state index is 0. The van der Waals surface area contributed by atoms with Crippen LogP contribution in [-0.4, -0.2) is 38.7 Å². The topological polar surface area (TPSA) is 69.4 Å². The van der Waals surface area contributed by atoms with Gasteiger partial charge in [0.15, 0.2) is 11.9 Å². The van der Waals surface area contributed by atoms with Crippen molar-refractivity contribution in [1.82, 2.24) is 0 Å². The zero-order valence-electron chi connectivity index (χ0n) is 5.84. The van der Waals surface area contributed by atoms with Crippen LogP contribution in [0.1, 0.15) is 0 Å². The third kappa shape index (κ3) is 3.86. The number of thiol groups is 1. The van der Waals surface area contributed by atoms with Crippen molar-refractivity contribution in [3.8, 4) is 5.75 Å². The molecule has 0 saturated heterocycles. The number of nitro benzene ring substituents is 1. The van der Waals surface area contributed by atoms with Crippen molar-refractivity contribution >= 4 is 47.2 Å². The number of hydrogen-bond donors (Lipinski definition) is 1. The van der Waals surface area contributed by atoms with Gasteiger partial charge in [-0.15, -0.1) is 0 Å². The molecule has 0 radical (unpaired) electrons. The predicted molar refractivity (Wildman–Crippen MR) is 50.4 cm³/mol. The number of nitro groups is 1. The van der Waals surface area contributed by atoms with Gasteiger partial charge in [0.2, 0.25) is 0 Å². The van der Waals surface area contributed by atoms with Crippen molar-refractivity contribution in [3.63, 3.8) is 0 Å². The van der Waals surface area contributed by atoms with Gasteiger partial charge in [-0.1, -0.05) is 0 Å². The summed E-state index contributed by atoms with van der Waals surface area (Å²) >= 11 is -0.472. The summed E-state index contributed by atoms with van der Waals surface area (Å²) in [6.07, 6.45) is 0. The fourth-order valence-corrected chi connectivity index (χ4v) is 0.880. The van der Waals surface area contributed by atoms with E-state index in [2.05, 4.69) is 4.18 Å². The molecule has 1 rings (SSSR count). The van der Waals surface area contributed by atoms with Crippen molar-refractivity contribution in [2.45, 2.75) is 0 Å². The van der Waals surface area contributed by atoms with E-state index in [1.54, 1.807) is 0 Å². The minimum atomic E-state index is -0.515. The van der Waals surface area contributed by atoms with Gasteiger partial charge in [-0.05, 0) is 12.1 Å². The third-order valence-corrected chi connectivity index (χ3v) is 1.48. The number of rotatable bonds is 3. The van der Waals surface area contributed by atoms with E-state index >= 15 is 0 Å². The van der Waals surface area contributed by atoms with Gasteiger partial charge in [0.25, 0.3) is 5.69 Å². The molecular formula is C6H6NNaO4S. The summed E-state index contributed by atoms with van der Waals surface area (Å²) < 4.78 is 14.5. The Morgan fingerprint density at radius 2 is 1.85 bits per heavy atom. The maximum atomic E-state index is 10.2. The van der Waals surface area contributed by atoms with Crippen molar-refractivity contribution in [2.24, 2.45) is 0 Å². The van der Waals surface area contributed by atoms with Gasteiger partial charge in [-0.3, -0.25) is 10.1 Å². The van der Waals surface area contributed by atoms with E-state index in [0.717, 1.165) is 0 Å². The predicted octanol–water partition coefficient (Wildman–Crippen LogP) is 0.185. The quantitative estimate of drug-likeness (QED) is 0.335. The molecule has 0 aliphatic carbocycles. The van der Waals surface area contributed by atoms with Crippen molar-refractivity contribution < 1.29 is 13.3 Å². The Labute approximate surface area is 100 Å². The molecule has 0 unspecified atom stereocenters. The van der Waals surface area contributed by atoms with Gasteiger partial charge < -0.3 is 4.18 Å². The first-order chi connectivity index (χ1) is 5.74. The molecule has 0 N–H and O–H groups in total.